The first-order valence-electron chi connectivity index (χ1n) is 11.2. The number of halogens is 3. The van der Waals surface area contributed by atoms with Gasteiger partial charge in [-0.25, -0.2) is 13.2 Å². The van der Waals surface area contributed by atoms with Crippen LogP contribution >= 0.6 is 11.3 Å². The first-order chi connectivity index (χ1) is 16.7. The Labute approximate surface area is 202 Å². The molecule has 1 amide bonds. The SMILES string of the molecule is CCN1C(=O)c2c(O)c(=O)c(-c3nnc(Cc4c(F)cc(F)cc4F)s3)cn2N2CC[C@@H](C)C[C@@H]12. The Morgan fingerprint density at radius 3 is 2.57 bits per heavy atom. The van der Waals surface area contributed by atoms with Gasteiger partial charge in [-0.05, 0) is 25.7 Å². The zero-order valence-electron chi connectivity index (χ0n) is 19.0. The minimum atomic E-state index is -1.05. The predicted octanol–water partition coefficient (Wildman–Crippen LogP) is 3.25. The fourth-order valence-corrected chi connectivity index (χ4v) is 5.59. The molecule has 8 nitrogen and oxygen atoms in total. The molecule has 1 N–H and O–H groups in total. The van der Waals surface area contributed by atoms with Gasteiger partial charge >= 0.3 is 0 Å². The number of pyridine rings is 1. The Hall–Kier alpha value is -3.41. The van der Waals surface area contributed by atoms with Gasteiger partial charge in [-0.2, -0.15) is 0 Å². The van der Waals surface area contributed by atoms with Crippen LogP contribution in [0, 0.1) is 23.4 Å². The average molecular weight is 506 g/mol. The summed E-state index contributed by atoms with van der Waals surface area (Å²) in [7, 11) is 0. The Morgan fingerprint density at radius 2 is 1.89 bits per heavy atom. The lowest BCUT2D eigenvalue weighted by atomic mass is 9.95. The summed E-state index contributed by atoms with van der Waals surface area (Å²) < 4.78 is 42.9. The van der Waals surface area contributed by atoms with Gasteiger partial charge in [-0.3, -0.25) is 19.3 Å². The summed E-state index contributed by atoms with van der Waals surface area (Å²) in [4.78, 5) is 27.9. The molecule has 0 radical (unpaired) electrons. The molecule has 12 heteroatoms. The lowest BCUT2D eigenvalue weighted by Gasteiger charge is -2.50. The molecule has 1 aromatic carbocycles. The molecule has 2 atom stereocenters. The van der Waals surface area contributed by atoms with Crippen molar-refractivity contribution >= 4 is 17.2 Å². The van der Waals surface area contributed by atoms with Gasteiger partial charge in [0.05, 0.1) is 5.56 Å². The number of nitrogens with zero attached hydrogens (tertiary/aromatic N) is 5. The molecule has 0 unspecified atom stereocenters. The average Bonchev–Trinajstić information content (AvgIpc) is 3.26. The second kappa shape index (κ2) is 8.67. The number of benzene rings is 1. The van der Waals surface area contributed by atoms with E-state index in [4.69, 9.17) is 0 Å². The van der Waals surface area contributed by atoms with Crippen LogP contribution in [0.2, 0.25) is 0 Å². The van der Waals surface area contributed by atoms with E-state index < -0.39 is 34.5 Å². The molecule has 35 heavy (non-hydrogen) atoms. The first kappa shape index (κ1) is 23.3. The second-order valence-corrected chi connectivity index (χ2v) is 9.87. The molecule has 0 bridgehead atoms. The summed E-state index contributed by atoms with van der Waals surface area (Å²) in [6.07, 6.45) is 2.59. The Morgan fingerprint density at radius 1 is 1.17 bits per heavy atom. The highest BCUT2D eigenvalue weighted by atomic mass is 32.1. The van der Waals surface area contributed by atoms with Crippen molar-refractivity contribution in [2.45, 2.75) is 39.3 Å². The molecule has 3 aromatic rings. The highest BCUT2D eigenvalue weighted by Gasteiger charge is 2.42. The molecular formula is C23H22F3N5O3S. The van der Waals surface area contributed by atoms with Gasteiger partial charge in [0.1, 0.15) is 28.6 Å². The maximum Gasteiger partial charge on any atom is 0.278 e. The topological polar surface area (TPSA) is 91.6 Å². The van der Waals surface area contributed by atoms with Crippen LogP contribution in [0.15, 0.2) is 23.1 Å². The molecule has 0 aliphatic carbocycles. The third-order valence-electron chi connectivity index (χ3n) is 6.54. The van der Waals surface area contributed by atoms with Gasteiger partial charge < -0.3 is 10.0 Å². The van der Waals surface area contributed by atoms with E-state index in [0.29, 0.717) is 31.1 Å². The largest absolute Gasteiger partial charge is 0.502 e. The molecule has 5 rings (SSSR count). The van der Waals surface area contributed by atoms with Crippen LogP contribution in [0.3, 0.4) is 0 Å². The van der Waals surface area contributed by atoms with Crippen LogP contribution in [-0.4, -0.2) is 50.0 Å². The van der Waals surface area contributed by atoms with Crippen LogP contribution in [-0.2, 0) is 6.42 Å². The summed E-state index contributed by atoms with van der Waals surface area (Å²) in [5.41, 5.74) is -1.24. The fourth-order valence-electron chi connectivity index (χ4n) is 4.74. The number of aromatic nitrogens is 3. The van der Waals surface area contributed by atoms with Gasteiger partial charge in [0.2, 0.25) is 5.43 Å². The standard InChI is InChI=1S/C23H22F3N5O3S/c1-3-29-18-6-11(2)4-5-30(18)31-10-14(20(32)21(33)19(31)23(29)34)22-28-27-17(35-22)9-13-15(25)7-12(24)8-16(13)26/h7-8,10-11,18,33H,3-6,9H2,1-2H3/t11-,18+/m1/s1. The number of piperidine rings is 1. The van der Waals surface area contributed by atoms with E-state index in [-0.39, 0.29) is 39.4 Å². The first-order valence-corrected chi connectivity index (χ1v) is 12.0. The molecule has 1 saturated heterocycles. The molecule has 2 aliphatic rings. The highest BCUT2D eigenvalue weighted by molar-refractivity contribution is 7.14. The van der Waals surface area contributed by atoms with Crippen molar-refractivity contribution in [3.8, 4) is 16.3 Å². The van der Waals surface area contributed by atoms with Gasteiger partial charge in [0.15, 0.2) is 16.5 Å². The molecule has 184 valence electrons. The van der Waals surface area contributed by atoms with E-state index in [0.717, 1.165) is 24.2 Å². The summed E-state index contributed by atoms with van der Waals surface area (Å²) >= 11 is 0.924. The predicted molar refractivity (Wildman–Crippen MR) is 122 cm³/mol. The van der Waals surface area contributed by atoms with E-state index in [2.05, 4.69) is 17.1 Å². The van der Waals surface area contributed by atoms with E-state index in [1.54, 1.807) is 4.90 Å². The number of amides is 1. The van der Waals surface area contributed by atoms with Gasteiger partial charge in [0, 0.05) is 43.4 Å². The van der Waals surface area contributed by atoms with Gasteiger partial charge in [0.25, 0.3) is 5.91 Å². The highest BCUT2D eigenvalue weighted by Crippen LogP contribution is 2.34. The number of carbonyl (C=O) groups is 1. The van der Waals surface area contributed by atoms with Gasteiger partial charge in [-0.15, -0.1) is 10.2 Å². The zero-order chi connectivity index (χ0) is 25.0. The third-order valence-corrected chi connectivity index (χ3v) is 7.50. The number of hydrogen-bond donors (Lipinski definition) is 1. The van der Waals surface area contributed by atoms with Crippen molar-refractivity contribution < 1.29 is 23.1 Å². The van der Waals surface area contributed by atoms with E-state index in [9.17, 15) is 27.9 Å². The van der Waals surface area contributed by atoms with Crippen molar-refractivity contribution in [1.82, 2.24) is 19.8 Å². The van der Waals surface area contributed by atoms with Crippen LogP contribution in [0.25, 0.3) is 10.6 Å². The molecule has 0 saturated carbocycles. The van der Waals surface area contributed by atoms with Crippen LogP contribution < -0.4 is 10.4 Å². The van der Waals surface area contributed by atoms with E-state index >= 15 is 0 Å². The number of carbonyl (C=O) groups excluding carboxylic acids is 1. The second-order valence-electron chi connectivity index (χ2n) is 8.80. The smallest absolute Gasteiger partial charge is 0.278 e. The summed E-state index contributed by atoms with van der Waals surface area (Å²) in [6.45, 7) is 5.02. The molecule has 2 aromatic heterocycles. The lowest BCUT2D eigenvalue weighted by Crippen LogP contribution is -2.63. The van der Waals surface area contributed by atoms with Crippen LogP contribution in [0.4, 0.5) is 13.2 Å². The Balaban J connectivity index is 1.56. The van der Waals surface area contributed by atoms with Crippen molar-refractivity contribution in [3.63, 3.8) is 0 Å². The van der Waals surface area contributed by atoms with E-state index in [1.165, 1.54) is 10.9 Å². The summed E-state index contributed by atoms with van der Waals surface area (Å²) in [5.74, 6) is -3.82. The Kier molecular flexibility index (Phi) is 5.78. The minimum Gasteiger partial charge on any atom is -0.502 e. The third kappa shape index (κ3) is 3.85. The Bertz CT molecular complexity index is 1370. The van der Waals surface area contributed by atoms with Crippen molar-refractivity contribution in [2.24, 2.45) is 5.92 Å². The van der Waals surface area contributed by atoms with Crippen molar-refractivity contribution in [3.05, 3.63) is 62.3 Å². The lowest BCUT2D eigenvalue weighted by molar-refractivity contribution is 0.0498. The normalized spacial score (nSPS) is 19.6. The monoisotopic (exact) mass is 505 g/mol. The number of fused-ring (bicyclic) bond motifs is 3. The van der Waals surface area contributed by atoms with Crippen molar-refractivity contribution in [1.29, 1.82) is 0 Å². The fraction of sp³-hybridized carbons (Fsp3) is 0.391. The number of hydrogen-bond acceptors (Lipinski definition) is 7. The molecule has 0 spiro atoms. The molecule has 4 heterocycles. The van der Waals surface area contributed by atoms with Crippen LogP contribution in [0.1, 0.15) is 47.7 Å². The summed E-state index contributed by atoms with van der Waals surface area (Å²) in [5, 5.41) is 21.0. The van der Waals surface area contributed by atoms with Crippen LogP contribution in [0.5, 0.6) is 5.75 Å². The van der Waals surface area contributed by atoms with E-state index in [1.807, 2.05) is 11.9 Å². The van der Waals surface area contributed by atoms with Gasteiger partial charge in [-0.1, -0.05) is 18.3 Å². The minimum absolute atomic E-state index is 0.0187. The zero-order valence-corrected chi connectivity index (χ0v) is 19.8. The molecule has 2 aliphatic heterocycles. The maximum atomic E-state index is 14.1. The molecular weight excluding hydrogens is 483 g/mol. The molecule has 1 fully saturated rings. The summed E-state index contributed by atoms with van der Waals surface area (Å²) in [6, 6.07) is 1.17. The number of aromatic hydroxyl groups is 1. The van der Waals surface area contributed by atoms with Crippen molar-refractivity contribution in [2.75, 3.05) is 18.1 Å². The number of rotatable bonds is 4. The maximum absolute atomic E-state index is 14.1. The quantitative estimate of drug-likeness (QED) is 0.586.